The smallest absolute Gasteiger partial charge is 0.416 e. The quantitative estimate of drug-likeness (QED) is 0.533. The maximum atomic E-state index is 14.0. The summed E-state index contributed by atoms with van der Waals surface area (Å²) in [5.41, 5.74) is -0.654. The molecule has 1 spiro atoms. The van der Waals surface area contributed by atoms with E-state index in [2.05, 4.69) is 0 Å². The summed E-state index contributed by atoms with van der Waals surface area (Å²) in [4.78, 5) is 26.3. The van der Waals surface area contributed by atoms with Crippen molar-refractivity contribution < 1.29 is 23.1 Å². The van der Waals surface area contributed by atoms with E-state index in [0.717, 1.165) is 16.5 Å². The number of rotatable bonds is 1. The third kappa shape index (κ3) is 3.02. The Morgan fingerprint density at radius 3 is 2.47 bits per heavy atom. The first kappa shape index (κ1) is 21.3. The summed E-state index contributed by atoms with van der Waals surface area (Å²) in [5, 5.41) is 12.4. The van der Waals surface area contributed by atoms with Crippen molar-refractivity contribution in [3.63, 3.8) is 0 Å². The fourth-order valence-corrected chi connectivity index (χ4v) is 6.31. The monoisotopic (exact) mass is 484 g/mol. The van der Waals surface area contributed by atoms with Gasteiger partial charge in [-0.2, -0.15) is 13.2 Å². The number of halogens is 3. The van der Waals surface area contributed by atoms with Crippen molar-refractivity contribution in [1.82, 2.24) is 4.68 Å². The third-order valence-corrected chi connectivity index (χ3v) is 8.16. The number of fused-ring (bicyclic) bond motifs is 3. The van der Waals surface area contributed by atoms with Crippen molar-refractivity contribution in [3.05, 3.63) is 92.9 Å². The number of alkyl halides is 3. The third-order valence-electron chi connectivity index (χ3n) is 7.04. The van der Waals surface area contributed by atoms with Crippen molar-refractivity contribution in [2.75, 3.05) is 11.6 Å². The topological polar surface area (TPSA) is 62.5 Å². The Kier molecular flexibility index (Phi) is 4.49. The van der Waals surface area contributed by atoms with Crippen LogP contribution < -0.4 is 10.4 Å². The van der Waals surface area contributed by atoms with Crippen molar-refractivity contribution in [2.45, 2.75) is 35.7 Å². The van der Waals surface area contributed by atoms with Crippen LogP contribution in [0.25, 0.3) is 0 Å². The highest BCUT2D eigenvalue weighted by molar-refractivity contribution is 7.98. The average molecular weight is 484 g/mol. The van der Waals surface area contributed by atoms with E-state index in [0.29, 0.717) is 18.4 Å². The number of nitrogens with zero attached hydrogens (tertiary/aromatic N) is 2. The molecule has 3 heterocycles. The molecule has 2 aromatic carbocycles. The van der Waals surface area contributed by atoms with Crippen molar-refractivity contribution in [1.29, 1.82) is 0 Å². The lowest BCUT2D eigenvalue weighted by Gasteiger charge is -2.43. The van der Waals surface area contributed by atoms with E-state index >= 15 is 0 Å². The number of pyridine rings is 1. The zero-order chi connectivity index (χ0) is 23.8. The molecule has 1 aliphatic carbocycles. The molecule has 34 heavy (non-hydrogen) atoms. The molecule has 1 fully saturated rings. The van der Waals surface area contributed by atoms with Gasteiger partial charge in [0.2, 0.25) is 5.43 Å². The van der Waals surface area contributed by atoms with Gasteiger partial charge in [0.1, 0.15) is 0 Å². The Bertz CT molecular complexity index is 1410. The van der Waals surface area contributed by atoms with E-state index in [1.54, 1.807) is 6.07 Å². The Labute approximate surface area is 196 Å². The highest BCUT2D eigenvalue weighted by atomic mass is 32.2. The van der Waals surface area contributed by atoms with Gasteiger partial charge in [0.05, 0.1) is 17.0 Å². The molecule has 0 bridgehead atoms. The van der Waals surface area contributed by atoms with Crippen LogP contribution in [0.1, 0.15) is 51.6 Å². The second-order valence-corrected chi connectivity index (χ2v) is 10.0. The average Bonchev–Trinajstić information content (AvgIpc) is 3.60. The minimum atomic E-state index is -4.51. The number of hydrogen-bond donors (Lipinski definition) is 1. The Morgan fingerprint density at radius 1 is 1.00 bits per heavy atom. The molecule has 9 heteroatoms. The SMILES string of the molecule is O=C1c2c(O)c(=O)ccn2N([C@@H]2c3ccccc3SCc3c2cccc3C(F)(F)F)CC12CC2. The number of benzene rings is 2. The lowest BCUT2D eigenvalue weighted by Crippen LogP contribution is -2.51. The zero-order valence-electron chi connectivity index (χ0n) is 17.8. The normalized spacial score (nSPS) is 20.4. The van der Waals surface area contributed by atoms with Gasteiger partial charge in [-0.1, -0.05) is 30.3 Å². The zero-order valence-corrected chi connectivity index (χ0v) is 18.6. The first-order chi connectivity index (χ1) is 16.2. The molecule has 0 unspecified atom stereocenters. The molecule has 1 saturated carbocycles. The van der Waals surface area contributed by atoms with Crippen molar-refractivity contribution in [3.8, 4) is 5.75 Å². The summed E-state index contributed by atoms with van der Waals surface area (Å²) in [6.45, 7) is 0.278. The number of thioether (sulfide) groups is 1. The van der Waals surface area contributed by atoms with Gasteiger partial charge < -0.3 is 5.11 Å². The van der Waals surface area contributed by atoms with E-state index in [9.17, 15) is 27.9 Å². The van der Waals surface area contributed by atoms with Crippen LogP contribution in [0.2, 0.25) is 0 Å². The molecule has 2 aliphatic heterocycles. The van der Waals surface area contributed by atoms with Crippen LogP contribution >= 0.6 is 11.8 Å². The van der Waals surface area contributed by atoms with Gasteiger partial charge in [-0.05, 0) is 41.7 Å². The molecule has 0 saturated heterocycles. The molecule has 0 amide bonds. The van der Waals surface area contributed by atoms with Crippen LogP contribution in [0, 0.1) is 5.41 Å². The largest absolute Gasteiger partial charge is 0.503 e. The molecular weight excluding hydrogens is 465 g/mol. The van der Waals surface area contributed by atoms with Crippen LogP contribution in [0.15, 0.2) is 64.4 Å². The van der Waals surface area contributed by atoms with Gasteiger partial charge >= 0.3 is 6.18 Å². The summed E-state index contributed by atoms with van der Waals surface area (Å²) in [7, 11) is 0. The Balaban J connectivity index is 1.64. The molecule has 1 atom stereocenters. The van der Waals surface area contributed by atoms with Crippen LogP contribution in [0.4, 0.5) is 13.2 Å². The van der Waals surface area contributed by atoms with Gasteiger partial charge in [0, 0.05) is 29.5 Å². The second-order valence-electron chi connectivity index (χ2n) is 9.03. The summed E-state index contributed by atoms with van der Waals surface area (Å²) in [5.74, 6) is -0.762. The van der Waals surface area contributed by atoms with Crippen LogP contribution in [0.3, 0.4) is 0 Å². The molecule has 3 aromatic rings. The highest BCUT2D eigenvalue weighted by Crippen LogP contribution is 2.54. The number of carbonyl (C=O) groups is 1. The van der Waals surface area contributed by atoms with Crippen LogP contribution in [-0.4, -0.2) is 22.1 Å². The number of ketones is 1. The van der Waals surface area contributed by atoms with Gasteiger partial charge in [-0.25, -0.2) is 0 Å². The molecule has 3 aliphatic rings. The molecule has 0 radical (unpaired) electrons. The summed E-state index contributed by atoms with van der Waals surface area (Å²) in [6.07, 6.45) is -1.88. The lowest BCUT2D eigenvalue weighted by molar-refractivity contribution is -0.138. The highest BCUT2D eigenvalue weighted by Gasteiger charge is 2.57. The van der Waals surface area contributed by atoms with E-state index < -0.39 is 34.4 Å². The van der Waals surface area contributed by atoms with Crippen LogP contribution in [-0.2, 0) is 11.9 Å². The summed E-state index contributed by atoms with van der Waals surface area (Å²) < 4.78 is 43.4. The fourth-order valence-electron chi connectivity index (χ4n) is 5.17. The Morgan fingerprint density at radius 2 is 1.74 bits per heavy atom. The molecule has 1 N–H and O–H groups in total. The predicted molar refractivity (Wildman–Crippen MR) is 121 cm³/mol. The number of carbonyl (C=O) groups excluding carboxylic acids is 1. The number of aromatic nitrogens is 1. The van der Waals surface area contributed by atoms with Crippen molar-refractivity contribution >= 4 is 17.5 Å². The standard InChI is InChI=1S/C25H19F3N2O3S/c26-25(27,28)17-6-3-5-14-16(17)12-34-19-7-2-1-4-15(19)20(14)30-13-24(9-10-24)23(33)21-22(32)18(31)8-11-29(21)30/h1-8,11,20,32H,9-10,12-13H2/t20-/m0/s1. The first-order valence-corrected chi connectivity index (χ1v) is 11.9. The van der Waals surface area contributed by atoms with Gasteiger partial charge in [-0.3, -0.25) is 19.3 Å². The minimum Gasteiger partial charge on any atom is -0.503 e. The summed E-state index contributed by atoms with van der Waals surface area (Å²) in [6, 6.07) is 12.2. The molecular formula is C25H19F3N2O3S. The lowest BCUT2D eigenvalue weighted by atomic mass is 9.88. The molecule has 5 nitrogen and oxygen atoms in total. The number of Topliss-reactive ketones (excluding diaryl/α,β-unsaturated/α-hetero) is 1. The van der Waals surface area contributed by atoms with E-state index in [1.807, 2.05) is 29.3 Å². The van der Waals surface area contributed by atoms with E-state index in [4.69, 9.17) is 0 Å². The minimum absolute atomic E-state index is 0.0980. The Hall–Kier alpha value is -3.20. The van der Waals surface area contributed by atoms with Crippen molar-refractivity contribution in [2.24, 2.45) is 5.41 Å². The van der Waals surface area contributed by atoms with Gasteiger partial charge in [-0.15, -0.1) is 11.8 Å². The second kappa shape index (κ2) is 7.15. The molecule has 6 rings (SSSR count). The first-order valence-electron chi connectivity index (χ1n) is 10.9. The van der Waals surface area contributed by atoms with Gasteiger partial charge in [0.15, 0.2) is 17.2 Å². The molecule has 174 valence electrons. The van der Waals surface area contributed by atoms with E-state index in [-0.39, 0.29) is 29.3 Å². The summed E-state index contributed by atoms with van der Waals surface area (Å²) >= 11 is 1.35. The predicted octanol–water partition coefficient (Wildman–Crippen LogP) is 4.88. The fraction of sp³-hybridized carbons (Fsp3) is 0.280. The maximum Gasteiger partial charge on any atom is 0.416 e. The van der Waals surface area contributed by atoms with E-state index in [1.165, 1.54) is 34.8 Å². The maximum absolute atomic E-state index is 14.0. The molecule has 1 aromatic heterocycles. The number of aromatic hydroxyl groups is 1. The number of hydrogen-bond acceptors (Lipinski definition) is 5. The van der Waals surface area contributed by atoms with Crippen LogP contribution in [0.5, 0.6) is 5.75 Å². The van der Waals surface area contributed by atoms with Gasteiger partial charge in [0.25, 0.3) is 0 Å².